The van der Waals surface area contributed by atoms with Crippen LogP contribution in [0.3, 0.4) is 0 Å². The van der Waals surface area contributed by atoms with Gasteiger partial charge in [0.05, 0.1) is 11.3 Å². The molecule has 0 unspecified atom stereocenters. The van der Waals surface area contributed by atoms with Gasteiger partial charge in [-0.3, -0.25) is 9.59 Å². The normalized spacial score (nSPS) is 11.2. The highest BCUT2D eigenvalue weighted by atomic mass is 35.5. The summed E-state index contributed by atoms with van der Waals surface area (Å²) in [5, 5.41) is -0.667. The Balaban J connectivity index is 3.45. The topological polar surface area (TPSA) is 73.1 Å². The number of carbonyl (C=O) groups is 2. The van der Waals surface area contributed by atoms with Gasteiger partial charge in [-0.1, -0.05) is 11.6 Å². The molecule has 0 aromatic carbocycles. The van der Waals surface area contributed by atoms with Crippen LogP contribution in [0.5, 0.6) is 0 Å². The molecular weight excluding hydrogens is 249 g/mol. The number of carbonyl (C=O) groups excluding carboxylic acids is 2. The van der Waals surface area contributed by atoms with Crippen LogP contribution >= 0.6 is 11.6 Å². The van der Waals surface area contributed by atoms with E-state index in [9.17, 15) is 22.8 Å². The maximum atomic E-state index is 12.4. The number of nitrogens with zero attached hydrogens (tertiary/aromatic N) is 1. The quantitative estimate of drug-likeness (QED) is 0.376. The van der Waals surface area contributed by atoms with E-state index in [0.29, 0.717) is 6.07 Å². The van der Waals surface area contributed by atoms with Crippen molar-refractivity contribution in [2.75, 3.05) is 5.73 Å². The van der Waals surface area contributed by atoms with Gasteiger partial charge in [0.15, 0.2) is 11.4 Å². The summed E-state index contributed by atoms with van der Waals surface area (Å²) in [6, 6.07) is 0.387. The van der Waals surface area contributed by atoms with Gasteiger partial charge in [-0.15, -0.1) is 0 Å². The maximum Gasteiger partial charge on any atom is 0.418 e. The molecule has 0 saturated carbocycles. The van der Waals surface area contributed by atoms with Gasteiger partial charge in [0.2, 0.25) is 5.78 Å². The third-order valence-corrected chi connectivity index (χ3v) is 1.97. The molecule has 1 heterocycles. The average molecular weight is 253 g/mol. The molecule has 0 aliphatic rings. The molecule has 4 nitrogen and oxygen atoms in total. The second-order valence-corrected chi connectivity index (χ2v) is 3.10. The maximum absolute atomic E-state index is 12.4. The molecule has 16 heavy (non-hydrogen) atoms. The minimum absolute atomic E-state index is 0.158. The Morgan fingerprint density at radius 3 is 2.50 bits per heavy atom. The number of halogens is 4. The summed E-state index contributed by atoms with van der Waals surface area (Å²) in [5.74, 6) is -1.20. The molecular formula is C8H4ClF3N2O2. The number of aldehydes is 1. The predicted molar refractivity (Wildman–Crippen MR) is 49.1 cm³/mol. The second-order valence-electron chi connectivity index (χ2n) is 2.74. The number of anilines is 1. The summed E-state index contributed by atoms with van der Waals surface area (Å²) in [6.07, 6.45) is -4.93. The Hall–Kier alpha value is -1.63. The molecule has 0 radical (unpaired) electrons. The van der Waals surface area contributed by atoms with Crippen molar-refractivity contribution in [3.63, 3.8) is 0 Å². The molecule has 0 bridgehead atoms. The van der Waals surface area contributed by atoms with E-state index in [1.54, 1.807) is 0 Å². The van der Waals surface area contributed by atoms with Crippen LogP contribution in [-0.2, 0) is 11.0 Å². The van der Waals surface area contributed by atoms with Gasteiger partial charge in [0.1, 0.15) is 5.69 Å². The van der Waals surface area contributed by atoms with Crippen LogP contribution in [0.25, 0.3) is 0 Å². The van der Waals surface area contributed by atoms with Gasteiger partial charge in [-0.25, -0.2) is 4.98 Å². The fraction of sp³-hybridized carbons (Fsp3) is 0.125. The first-order chi connectivity index (χ1) is 7.27. The van der Waals surface area contributed by atoms with Gasteiger partial charge in [0, 0.05) is 0 Å². The number of nitrogens with two attached hydrogens (primary N) is 1. The number of rotatable bonds is 2. The Kier molecular flexibility index (Phi) is 3.18. The first kappa shape index (κ1) is 12.4. The van der Waals surface area contributed by atoms with Crippen molar-refractivity contribution in [2.45, 2.75) is 6.18 Å². The molecule has 0 fully saturated rings. The Morgan fingerprint density at radius 2 is 2.06 bits per heavy atom. The van der Waals surface area contributed by atoms with Crippen LogP contribution in [0.4, 0.5) is 18.9 Å². The predicted octanol–water partition coefficient (Wildman–Crippen LogP) is 1.72. The fourth-order valence-electron chi connectivity index (χ4n) is 0.945. The summed E-state index contributed by atoms with van der Waals surface area (Å²) in [4.78, 5) is 24.3. The molecule has 1 rings (SSSR count). The lowest BCUT2D eigenvalue weighted by molar-refractivity contribution is -0.137. The van der Waals surface area contributed by atoms with Crippen molar-refractivity contribution in [1.29, 1.82) is 0 Å². The Bertz CT molecular complexity index is 459. The van der Waals surface area contributed by atoms with E-state index in [2.05, 4.69) is 4.98 Å². The highest BCUT2D eigenvalue weighted by Gasteiger charge is 2.35. The summed E-state index contributed by atoms with van der Waals surface area (Å²) >= 11 is 5.32. The van der Waals surface area contributed by atoms with Crippen LogP contribution in [0, 0.1) is 0 Å². The smallest absolute Gasteiger partial charge is 0.396 e. The number of alkyl halides is 3. The number of hydrogen-bond acceptors (Lipinski definition) is 4. The van der Waals surface area contributed by atoms with E-state index in [-0.39, 0.29) is 6.29 Å². The molecule has 2 N–H and O–H groups in total. The molecule has 0 aliphatic heterocycles. The minimum Gasteiger partial charge on any atom is -0.396 e. The van der Waals surface area contributed by atoms with Gasteiger partial charge in [0.25, 0.3) is 0 Å². The first-order valence-electron chi connectivity index (χ1n) is 3.80. The first-order valence-corrected chi connectivity index (χ1v) is 4.18. The Labute approximate surface area is 92.2 Å². The lowest BCUT2D eigenvalue weighted by atomic mass is 10.1. The summed E-state index contributed by atoms with van der Waals surface area (Å²) in [6.45, 7) is 0. The van der Waals surface area contributed by atoms with E-state index in [4.69, 9.17) is 17.3 Å². The summed E-state index contributed by atoms with van der Waals surface area (Å²) in [7, 11) is 0. The molecule has 0 atom stereocenters. The number of nitrogen functional groups attached to an aromatic ring is 1. The Morgan fingerprint density at radius 1 is 1.50 bits per heavy atom. The number of hydrogen-bond donors (Lipinski definition) is 1. The van der Waals surface area contributed by atoms with Crippen LogP contribution in [0.15, 0.2) is 6.07 Å². The van der Waals surface area contributed by atoms with E-state index < -0.39 is 34.1 Å². The number of ketones is 1. The molecule has 0 aliphatic carbocycles. The molecule has 1 aromatic heterocycles. The zero-order valence-corrected chi connectivity index (χ0v) is 8.26. The highest BCUT2D eigenvalue weighted by molar-refractivity contribution is 6.35. The van der Waals surface area contributed by atoms with Gasteiger partial charge >= 0.3 is 6.18 Å². The fourth-order valence-corrected chi connectivity index (χ4v) is 1.14. The summed E-state index contributed by atoms with van der Waals surface area (Å²) in [5.41, 5.74) is 2.30. The van der Waals surface area contributed by atoms with Gasteiger partial charge < -0.3 is 5.73 Å². The minimum atomic E-state index is -4.77. The third kappa shape index (κ3) is 2.30. The average Bonchev–Trinajstić information content (AvgIpc) is 2.18. The molecule has 0 saturated heterocycles. The third-order valence-electron chi connectivity index (χ3n) is 1.68. The molecule has 8 heteroatoms. The van der Waals surface area contributed by atoms with Crippen LogP contribution in [-0.4, -0.2) is 17.1 Å². The zero-order valence-electron chi connectivity index (χ0n) is 7.51. The summed E-state index contributed by atoms with van der Waals surface area (Å²) < 4.78 is 37.2. The molecule has 0 spiro atoms. The lowest BCUT2D eigenvalue weighted by Gasteiger charge is -2.11. The van der Waals surface area contributed by atoms with Crippen LogP contribution < -0.4 is 5.73 Å². The van der Waals surface area contributed by atoms with E-state index in [1.807, 2.05) is 0 Å². The second kappa shape index (κ2) is 4.09. The lowest BCUT2D eigenvalue weighted by Crippen LogP contribution is -2.14. The van der Waals surface area contributed by atoms with Crippen LogP contribution in [0.1, 0.15) is 16.1 Å². The van der Waals surface area contributed by atoms with Gasteiger partial charge in [-0.05, 0) is 6.07 Å². The monoisotopic (exact) mass is 252 g/mol. The molecule has 1 aromatic rings. The molecule has 86 valence electrons. The SMILES string of the molecule is Nc1c(C(F)(F)F)cc(C(=O)C=O)nc1Cl. The van der Waals surface area contributed by atoms with E-state index in [0.717, 1.165) is 0 Å². The van der Waals surface area contributed by atoms with Gasteiger partial charge in [-0.2, -0.15) is 13.2 Å². The van der Waals surface area contributed by atoms with Crippen molar-refractivity contribution in [1.82, 2.24) is 4.98 Å². The van der Waals surface area contributed by atoms with E-state index >= 15 is 0 Å². The van der Waals surface area contributed by atoms with Crippen molar-refractivity contribution in [2.24, 2.45) is 0 Å². The van der Waals surface area contributed by atoms with E-state index in [1.165, 1.54) is 0 Å². The number of aromatic nitrogens is 1. The number of pyridine rings is 1. The zero-order chi connectivity index (χ0) is 12.5. The van der Waals surface area contributed by atoms with Crippen LogP contribution in [0.2, 0.25) is 5.15 Å². The van der Waals surface area contributed by atoms with Crippen molar-refractivity contribution >= 4 is 29.4 Å². The van der Waals surface area contributed by atoms with Crippen molar-refractivity contribution < 1.29 is 22.8 Å². The van der Waals surface area contributed by atoms with Crippen molar-refractivity contribution in [3.05, 3.63) is 22.5 Å². The number of Topliss-reactive ketones (excluding diaryl/α,β-unsaturated/α-hetero) is 1. The highest BCUT2D eigenvalue weighted by Crippen LogP contribution is 2.36. The molecule has 0 amide bonds. The van der Waals surface area contributed by atoms with Crippen molar-refractivity contribution in [3.8, 4) is 0 Å². The standard InChI is InChI=1S/C8H4ClF3N2O2/c9-7-6(13)3(8(10,11)12)1-4(14-7)5(16)2-15/h1-2H,13H2. The largest absolute Gasteiger partial charge is 0.418 e.